The van der Waals surface area contributed by atoms with E-state index in [9.17, 15) is 9.90 Å². The van der Waals surface area contributed by atoms with E-state index < -0.39 is 5.97 Å². The summed E-state index contributed by atoms with van der Waals surface area (Å²) in [7, 11) is 0. The van der Waals surface area contributed by atoms with E-state index in [1.165, 1.54) is 0 Å². The van der Waals surface area contributed by atoms with Crippen LogP contribution in [-0.4, -0.2) is 11.1 Å². The minimum Gasteiger partial charge on any atom is -0.477 e. The molecule has 2 aromatic carbocycles. The number of carboxylic acids is 1. The molecular weight excluding hydrogens is 298 g/mol. The number of hydrogen-bond acceptors (Lipinski definition) is 1. The van der Waals surface area contributed by atoms with Crippen molar-refractivity contribution in [1.82, 2.24) is 0 Å². The normalized spacial score (nSPS) is 10.5. The van der Waals surface area contributed by atoms with E-state index in [0.717, 1.165) is 34.5 Å². The van der Waals surface area contributed by atoms with E-state index in [1.54, 1.807) is 0 Å². The number of carbonyl (C=O) groups is 1. The van der Waals surface area contributed by atoms with Crippen LogP contribution in [0.3, 0.4) is 0 Å². The molecule has 0 radical (unpaired) electrons. The molecule has 3 heteroatoms. The van der Waals surface area contributed by atoms with Crippen LogP contribution in [-0.2, 0) is 17.8 Å². The van der Waals surface area contributed by atoms with Crippen molar-refractivity contribution < 1.29 is 14.5 Å². The standard InChI is InChI=1S/C21H19NO2/c1-2-19-13-18(16-9-5-3-6-10-16)14-20(22(19)15-21(23)24)17-11-7-4-8-12-17/h3-14H,2,15H2,1H3/p+1. The Morgan fingerprint density at radius 2 is 1.46 bits per heavy atom. The zero-order chi connectivity index (χ0) is 16.9. The second-order valence-electron chi connectivity index (χ2n) is 5.69. The van der Waals surface area contributed by atoms with Crippen molar-refractivity contribution in [1.29, 1.82) is 0 Å². The summed E-state index contributed by atoms with van der Waals surface area (Å²) in [5.41, 5.74) is 5.19. The van der Waals surface area contributed by atoms with Gasteiger partial charge >= 0.3 is 5.97 Å². The van der Waals surface area contributed by atoms with Crippen molar-refractivity contribution in [2.24, 2.45) is 0 Å². The van der Waals surface area contributed by atoms with E-state index in [0.29, 0.717) is 0 Å². The molecule has 0 spiro atoms. The lowest BCUT2D eigenvalue weighted by atomic mass is 10.0. The van der Waals surface area contributed by atoms with Gasteiger partial charge in [-0.15, -0.1) is 0 Å². The Hall–Kier alpha value is -2.94. The first kappa shape index (κ1) is 15.9. The fourth-order valence-corrected chi connectivity index (χ4v) is 2.94. The molecule has 0 amide bonds. The van der Waals surface area contributed by atoms with Crippen LogP contribution in [0.25, 0.3) is 22.4 Å². The third kappa shape index (κ3) is 3.35. The minimum atomic E-state index is -0.834. The number of benzene rings is 2. The number of carboxylic acid groups (broad SMARTS) is 1. The summed E-state index contributed by atoms with van der Waals surface area (Å²) in [5.74, 6) is -0.834. The summed E-state index contributed by atoms with van der Waals surface area (Å²) in [5, 5.41) is 9.32. The molecule has 24 heavy (non-hydrogen) atoms. The van der Waals surface area contributed by atoms with Gasteiger partial charge in [0.2, 0.25) is 12.2 Å². The van der Waals surface area contributed by atoms with Crippen LogP contribution < -0.4 is 4.57 Å². The lowest BCUT2D eigenvalue weighted by Crippen LogP contribution is -2.44. The third-order valence-electron chi connectivity index (χ3n) is 4.08. The van der Waals surface area contributed by atoms with Gasteiger partial charge in [-0.2, -0.15) is 4.57 Å². The number of aliphatic carboxylic acids is 1. The Morgan fingerprint density at radius 1 is 0.875 bits per heavy atom. The number of aromatic nitrogens is 1. The highest BCUT2D eigenvalue weighted by molar-refractivity contribution is 5.70. The van der Waals surface area contributed by atoms with Crippen LogP contribution in [0.2, 0.25) is 0 Å². The molecule has 3 nitrogen and oxygen atoms in total. The van der Waals surface area contributed by atoms with Crippen molar-refractivity contribution in [3.05, 3.63) is 78.5 Å². The van der Waals surface area contributed by atoms with Gasteiger partial charge in [0, 0.05) is 24.1 Å². The first-order valence-corrected chi connectivity index (χ1v) is 8.08. The monoisotopic (exact) mass is 318 g/mol. The van der Waals surface area contributed by atoms with Crippen LogP contribution in [0, 0.1) is 0 Å². The average molecular weight is 318 g/mol. The summed E-state index contributed by atoms with van der Waals surface area (Å²) in [4.78, 5) is 11.4. The van der Waals surface area contributed by atoms with Crippen LogP contribution in [0.4, 0.5) is 0 Å². The maximum Gasteiger partial charge on any atom is 0.370 e. The number of hydrogen-bond donors (Lipinski definition) is 1. The largest absolute Gasteiger partial charge is 0.477 e. The fraction of sp³-hybridized carbons (Fsp3) is 0.143. The Labute approximate surface area is 141 Å². The van der Waals surface area contributed by atoms with Crippen molar-refractivity contribution in [3.63, 3.8) is 0 Å². The van der Waals surface area contributed by atoms with E-state index in [1.807, 2.05) is 53.1 Å². The lowest BCUT2D eigenvalue weighted by Gasteiger charge is -2.10. The van der Waals surface area contributed by atoms with Gasteiger partial charge in [-0.25, -0.2) is 4.79 Å². The van der Waals surface area contributed by atoms with Gasteiger partial charge < -0.3 is 5.11 Å². The zero-order valence-corrected chi connectivity index (χ0v) is 13.6. The second kappa shape index (κ2) is 7.09. The van der Waals surface area contributed by atoms with Crippen molar-refractivity contribution in [3.8, 4) is 22.4 Å². The first-order valence-electron chi connectivity index (χ1n) is 8.08. The van der Waals surface area contributed by atoms with Gasteiger partial charge in [0.25, 0.3) is 0 Å². The average Bonchev–Trinajstić information content (AvgIpc) is 2.63. The summed E-state index contributed by atoms with van der Waals surface area (Å²) in [6.45, 7) is 2.01. The number of pyridine rings is 1. The molecule has 0 saturated carbocycles. The topological polar surface area (TPSA) is 41.2 Å². The quantitative estimate of drug-likeness (QED) is 0.724. The summed E-state index contributed by atoms with van der Waals surface area (Å²) in [6.07, 6.45) is 0.772. The van der Waals surface area contributed by atoms with Crippen LogP contribution in [0.5, 0.6) is 0 Å². The number of rotatable bonds is 5. The SMILES string of the molecule is CCc1cc(-c2ccccc2)cc(-c2ccccc2)[n+]1CC(=O)O. The molecule has 0 aliphatic heterocycles. The lowest BCUT2D eigenvalue weighted by molar-refractivity contribution is -0.682. The Balaban J connectivity index is 2.24. The molecule has 0 aliphatic carbocycles. The van der Waals surface area contributed by atoms with Gasteiger partial charge in [0.15, 0.2) is 5.69 Å². The molecule has 0 fully saturated rings. The van der Waals surface area contributed by atoms with E-state index >= 15 is 0 Å². The summed E-state index contributed by atoms with van der Waals surface area (Å²) in [6, 6.07) is 24.3. The van der Waals surface area contributed by atoms with Gasteiger partial charge in [0.05, 0.1) is 0 Å². The molecule has 3 rings (SSSR count). The summed E-state index contributed by atoms with van der Waals surface area (Å²) >= 11 is 0. The fourth-order valence-electron chi connectivity index (χ4n) is 2.94. The first-order chi connectivity index (χ1) is 11.7. The Kier molecular flexibility index (Phi) is 4.71. The molecule has 1 aromatic heterocycles. The minimum absolute atomic E-state index is 0.0392. The second-order valence-corrected chi connectivity index (χ2v) is 5.69. The molecule has 0 atom stereocenters. The predicted octanol–water partition coefficient (Wildman–Crippen LogP) is 3.96. The predicted molar refractivity (Wildman–Crippen MR) is 94.5 cm³/mol. The molecule has 1 heterocycles. The van der Waals surface area contributed by atoms with Crippen LogP contribution in [0.1, 0.15) is 12.6 Å². The van der Waals surface area contributed by atoms with Gasteiger partial charge in [-0.05, 0) is 23.3 Å². The van der Waals surface area contributed by atoms with E-state index in [2.05, 4.69) is 31.2 Å². The van der Waals surface area contributed by atoms with E-state index in [4.69, 9.17) is 0 Å². The number of aryl methyl sites for hydroxylation is 1. The highest BCUT2D eigenvalue weighted by atomic mass is 16.4. The molecule has 0 aliphatic rings. The maximum atomic E-state index is 11.4. The van der Waals surface area contributed by atoms with Crippen molar-refractivity contribution in [2.75, 3.05) is 0 Å². The Morgan fingerprint density at radius 3 is 2.00 bits per heavy atom. The third-order valence-corrected chi connectivity index (χ3v) is 4.08. The smallest absolute Gasteiger partial charge is 0.370 e. The van der Waals surface area contributed by atoms with Gasteiger partial charge in [0.1, 0.15) is 0 Å². The number of nitrogens with zero attached hydrogens (tertiary/aromatic N) is 1. The molecule has 0 unspecified atom stereocenters. The molecular formula is C21H20NO2+. The highest BCUT2D eigenvalue weighted by Crippen LogP contribution is 2.25. The molecule has 1 N–H and O–H groups in total. The molecule has 3 aromatic rings. The Bertz CT molecular complexity index is 842. The molecule has 0 bridgehead atoms. The van der Waals surface area contributed by atoms with Gasteiger partial charge in [-0.3, -0.25) is 0 Å². The summed E-state index contributed by atoms with van der Waals surface area (Å²) < 4.78 is 1.89. The van der Waals surface area contributed by atoms with E-state index in [-0.39, 0.29) is 6.54 Å². The van der Waals surface area contributed by atoms with Gasteiger partial charge in [-0.1, -0.05) is 55.5 Å². The van der Waals surface area contributed by atoms with Crippen LogP contribution >= 0.6 is 0 Å². The van der Waals surface area contributed by atoms with Crippen molar-refractivity contribution in [2.45, 2.75) is 19.9 Å². The zero-order valence-electron chi connectivity index (χ0n) is 13.6. The molecule has 120 valence electrons. The molecule has 0 saturated heterocycles. The van der Waals surface area contributed by atoms with Crippen molar-refractivity contribution >= 4 is 5.97 Å². The highest BCUT2D eigenvalue weighted by Gasteiger charge is 2.22. The maximum absolute atomic E-state index is 11.4. The van der Waals surface area contributed by atoms with Crippen LogP contribution in [0.15, 0.2) is 72.8 Å².